The molecule has 0 bridgehead atoms. The number of nitrogens with one attached hydrogen (secondary N) is 2. The van der Waals surface area contributed by atoms with Gasteiger partial charge in [0.2, 0.25) is 6.54 Å². The lowest BCUT2D eigenvalue weighted by Gasteiger charge is -2.24. The van der Waals surface area contributed by atoms with Gasteiger partial charge in [0.05, 0.1) is 16.9 Å². The van der Waals surface area contributed by atoms with Crippen LogP contribution in [0.3, 0.4) is 0 Å². The number of aryl methyl sites for hydroxylation is 1. The molecule has 2 fully saturated rings. The molecule has 2 unspecified atom stereocenters. The molecule has 0 amide bonds. The Kier molecular flexibility index (Phi) is 4.52. The van der Waals surface area contributed by atoms with Gasteiger partial charge in [0.1, 0.15) is 0 Å². The molecule has 1 aromatic carbocycles. The van der Waals surface area contributed by atoms with E-state index in [1.807, 2.05) is 26.1 Å². The zero-order valence-corrected chi connectivity index (χ0v) is 15.8. The van der Waals surface area contributed by atoms with E-state index in [1.54, 1.807) is 4.57 Å². The van der Waals surface area contributed by atoms with E-state index in [2.05, 4.69) is 20.0 Å². The maximum atomic E-state index is 12.4. The lowest BCUT2D eigenvalue weighted by atomic mass is 9.99. The number of fused-ring (bicyclic) bond motifs is 1. The van der Waals surface area contributed by atoms with Gasteiger partial charge in [-0.25, -0.2) is 11.4 Å². The van der Waals surface area contributed by atoms with Crippen LogP contribution in [0.15, 0.2) is 21.7 Å². The van der Waals surface area contributed by atoms with E-state index in [9.17, 15) is 9.59 Å². The van der Waals surface area contributed by atoms with Crippen molar-refractivity contribution in [2.24, 2.45) is 5.92 Å². The maximum absolute atomic E-state index is 12.4. The molecular weight excluding hydrogens is 342 g/mol. The molecule has 2 aliphatic rings. The minimum absolute atomic E-state index is 0.195. The number of aromatic amines is 1. The smallest absolute Gasteiger partial charge is 0.329 e. The van der Waals surface area contributed by atoms with Crippen LogP contribution in [0.5, 0.6) is 0 Å². The average molecular weight is 367 g/mol. The average Bonchev–Trinajstić information content (AvgIpc) is 3.37. The Balaban J connectivity index is 1.75. The van der Waals surface area contributed by atoms with Crippen molar-refractivity contribution in [3.8, 4) is 0 Å². The first kappa shape index (κ1) is 17.8. The topological polar surface area (TPSA) is 74.5 Å². The summed E-state index contributed by atoms with van der Waals surface area (Å²) >= 11 is 0. The number of aromatic nitrogens is 2. The number of H-pyrrole nitrogens is 1. The zero-order valence-electron chi connectivity index (χ0n) is 15.8. The maximum Gasteiger partial charge on any atom is 0.329 e. The van der Waals surface area contributed by atoms with Crippen LogP contribution >= 0.6 is 0 Å². The molecule has 142 valence electrons. The van der Waals surface area contributed by atoms with Crippen LogP contribution in [-0.4, -0.2) is 42.3 Å². The van der Waals surface area contributed by atoms with Crippen molar-refractivity contribution in [3.05, 3.63) is 50.0 Å². The number of hydrogen-bond acceptors (Lipinski definition) is 4. The normalized spacial score (nSPS) is 20.8. The highest BCUT2D eigenvalue weighted by molar-refractivity contribution is 5.86. The summed E-state index contributed by atoms with van der Waals surface area (Å²) in [6, 6.07) is 4.24. The van der Waals surface area contributed by atoms with Gasteiger partial charge in [-0.2, -0.15) is 0 Å². The van der Waals surface area contributed by atoms with E-state index in [0.29, 0.717) is 17.8 Å². The van der Waals surface area contributed by atoms with Crippen molar-refractivity contribution in [1.29, 1.82) is 0 Å². The summed E-state index contributed by atoms with van der Waals surface area (Å²) in [5.74, 6) is 0.420. The Labute approximate surface area is 157 Å². The first-order valence-electron chi connectivity index (χ1n) is 9.58. The van der Waals surface area contributed by atoms with Crippen LogP contribution in [-0.2, 0) is 0 Å². The minimum Gasteiger partial charge on any atom is -0.371 e. The molecule has 1 saturated heterocycles. The summed E-state index contributed by atoms with van der Waals surface area (Å²) in [4.78, 5) is 33.1. The summed E-state index contributed by atoms with van der Waals surface area (Å²) in [6.45, 7) is 11.5. The van der Waals surface area contributed by atoms with Crippen molar-refractivity contribution >= 4 is 16.6 Å². The highest BCUT2D eigenvalue weighted by Gasteiger charge is 2.32. The van der Waals surface area contributed by atoms with E-state index < -0.39 is 0 Å². The second-order valence-corrected chi connectivity index (χ2v) is 7.70. The molecule has 1 aliphatic carbocycles. The van der Waals surface area contributed by atoms with Gasteiger partial charge in [0, 0.05) is 30.7 Å². The van der Waals surface area contributed by atoms with Gasteiger partial charge >= 0.3 is 5.69 Å². The van der Waals surface area contributed by atoms with E-state index in [0.717, 1.165) is 49.1 Å². The van der Waals surface area contributed by atoms with Gasteiger partial charge in [0.15, 0.2) is 0 Å². The number of anilines is 1. The van der Waals surface area contributed by atoms with Crippen molar-refractivity contribution in [1.82, 2.24) is 14.9 Å². The molecule has 2 atom stereocenters. The third-order valence-corrected chi connectivity index (χ3v) is 6.03. The molecule has 1 saturated carbocycles. The first-order chi connectivity index (χ1) is 13.0. The van der Waals surface area contributed by atoms with E-state index in [4.69, 9.17) is 6.57 Å². The van der Waals surface area contributed by atoms with Crippen LogP contribution in [0, 0.1) is 19.4 Å². The summed E-state index contributed by atoms with van der Waals surface area (Å²) in [6.07, 6.45) is 3.00. The number of nitrogens with zero attached hydrogens (tertiary/aromatic N) is 3. The molecule has 27 heavy (non-hydrogen) atoms. The Morgan fingerprint density at radius 1 is 1.33 bits per heavy atom. The third-order valence-electron chi connectivity index (χ3n) is 6.03. The fourth-order valence-corrected chi connectivity index (χ4v) is 4.44. The second-order valence-electron chi connectivity index (χ2n) is 7.70. The number of hydrogen-bond donors (Lipinski definition) is 2. The predicted molar refractivity (Wildman–Crippen MR) is 106 cm³/mol. The van der Waals surface area contributed by atoms with Gasteiger partial charge in [-0.15, -0.1) is 0 Å². The Morgan fingerprint density at radius 2 is 2.11 bits per heavy atom. The standard InChI is InChI=1S/C20H25N5O2/c1-12-17(24-9-8-13(11-24)16(22-3)10-21-2)7-6-15-18(12)25(14-4-5-14)20(27)23-19(15)26/h6-7,13-14,16,22H,4-5,8-11H2,1,3H3,(H,23,26,27). The fraction of sp³-hybridized carbons (Fsp3) is 0.550. The van der Waals surface area contributed by atoms with Crippen molar-refractivity contribution < 1.29 is 0 Å². The van der Waals surface area contributed by atoms with Crippen molar-refractivity contribution in [2.45, 2.75) is 38.3 Å². The molecule has 2 N–H and O–H groups in total. The molecule has 0 radical (unpaired) electrons. The molecule has 7 heteroatoms. The number of likely N-dealkylation sites (N-methyl/N-ethyl adjacent to an activating group) is 1. The second kappa shape index (κ2) is 6.86. The lowest BCUT2D eigenvalue weighted by Crippen LogP contribution is -2.37. The number of rotatable bonds is 5. The monoisotopic (exact) mass is 367 g/mol. The van der Waals surface area contributed by atoms with Gasteiger partial charge in [-0.1, -0.05) is 0 Å². The van der Waals surface area contributed by atoms with Crippen LogP contribution in [0.2, 0.25) is 0 Å². The summed E-state index contributed by atoms with van der Waals surface area (Å²) in [5.41, 5.74) is 2.24. The van der Waals surface area contributed by atoms with Gasteiger partial charge < -0.3 is 15.1 Å². The van der Waals surface area contributed by atoms with Crippen molar-refractivity contribution in [2.75, 3.05) is 31.6 Å². The molecule has 1 aromatic heterocycles. The highest BCUT2D eigenvalue weighted by atomic mass is 16.2. The largest absolute Gasteiger partial charge is 0.371 e. The quantitative estimate of drug-likeness (QED) is 0.789. The summed E-state index contributed by atoms with van der Waals surface area (Å²) in [5, 5.41) is 3.86. The van der Waals surface area contributed by atoms with E-state index >= 15 is 0 Å². The van der Waals surface area contributed by atoms with Crippen LogP contribution in [0.1, 0.15) is 30.9 Å². The number of benzene rings is 1. The Morgan fingerprint density at radius 3 is 2.78 bits per heavy atom. The lowest BCUT2D eigenvalue weighted by molar-refractivity contribution is 0.422. The molecule has 2 aromatic rings. The van der Waals surface area contributed by atoms with Gasteiger partial charge in [-0.3, -0.25) is 14.3 Å². The van der Waals surface area contributed by atoms with Crippen LogP contribution < -0.4 is 21.5 Å². The van der Waals surface area contributed by atoms with E-state index in [1.165, 1.54) is 0 Å². The molecule has 4 rings (SSSR count). The summed E-state index contributed by atoms with van der Waals surface area (Å²) < 4.78 is 1.78. The zero-order chi connectivity index (χ0) is 19.1. The molecular formula is C20H25N5O2. The van der Waals surface area contributed by atoms with Gasteiger partial charge in [0.25, 0.3) is 5.56 Å². The third kappa shape index (κ3) is 3.04. The molecule has 7 nitrogen and oxygen atoms in total. The van der Waals surface area contributed by atoms with E-state index in [-0.39, 0.29) is 23.3 Å². The molecule has 1 aliphatic heterocycles. The molecule has 2 heterocycles. The molecule has 0 spiro atoms. The predicted octanol–water partition coefficient (Wildman–Crippen LogP) is 1.67. The Hall–Kier alpha value is -2.59. The van der Waals surface area contributed by atoms with Gasteiger partial charge in [-0.05, 0) is 50.9 Å². The first-order valence-corrected chi connectivity index (χ1v) is 9.58. The highest BCUT2D eigenvalue weighted by Crippen LogP contribution is 2.38. The summed E-state index contributed by atoms with van der Waals surface area (Å²) in [7, 11) is 1.92. The fourth-order valence-electron chi connectivity index (χ4n) is 4.44. The minimum atomic E-state index is -0.312. The van der Waals surface area contributed by atoms with Crippen LogP contribution in [0.25, 0.3) is 15.7 Å². The SMILES string of the molecule is [C-]#[N+]CC(NC)C1CCN(c2ccc3c(=O)[nH]c(=O)n(C4CC4)c3c2C)C1. The van der Waals surface area contributed by atoms with Crippen LogP contribution in [0.4, 0.5) is 5.69 Å². The van der Waals surface area contributed by atoms with Crippen molar-refractivity contribution in [3.63, 3.8) is 0 Å². The Bertz CT molecular complexity index is 1030.